The third-order valence-electron chi connectivity index (χ3n) is 3.01. The van der Waals surface area contributed by atoms with Crippen LogP contribution in [0.2, 0.25) is 0 Å². The molecule has 0 aliphatic rings. The zero-order valence-electron chi connectivity index (χ0n) is 11.7. The molecule has 1 aromatic carbocycles. The molecule has 2 nitrogen and oxygen atoms in total. The van der Waals surface area contributed by atoms with Crippen molar-refractivity contribution in [2.45, 2.75) is 33.2 Å². The molecule has 1 N–H and O–H groups in total. The van der Waals surface area contributed by atoms with E-state index in [0.717, 1.165) is 35.3 Å². The monoisotopic (exact) mass is 261 g/mol. The van der Waals surface area contributed by atoms with Gasteiger partial charge in [-0.05, 0) is 49.7 Å². The molecule has 2 aromatic rings. The van der Waals surface area contributed by atoms with Gasteiger partial charge in [-0.3, -0.25) is 0 Å². The summed E-state index contributed by atoms with van der Waals surface area (Å²) < 4.78 is 18.8. The van der Waals surface area contributed by atoms with E-state index in [0.29, 0.717) is 6.04 Å². The second-order valence-electron chi connectivity index (χ2n) is 5.08. The van der Waals surface area contributed by atoms with Crippen LogP contribution in [0.3, 0.4) is 0 Å². The van der Waals surface area contributed by atoms with Crippen LogP contribution >= 0.6 is 0 Å². The van der Waals surface area contributed by atoms with Gasteiger partial charge >= 0.3 is 0 Å². The van der Waals surface area contributed by atoms with Crippen LogP contribution in [0.15, 0.2) is 34.8 Å². The van der Waals surface area contributed by atoms with E-state index < -0.39 is 0 Å². The Morgan fingerprint density at radius 1 is 1.37 bits per heavy atom. The Balaban J connectivity index is 2.08. The molecule has 102 valence electrons. The number of nitrogens with one attached hydrogen (secondary N) is 1. The van der Waals surface area contributed by atoms with Gasteiger partial charge in [0.1, 0.15) is 17.2 Å². The number of halogens is 1. The molecule has 0 saturated carbocycles. The lowest BCUT2D eigenvalue weighted by Gasteiger charge is -2.05. The van der Waals surface area contributed by atoms with Gasteiger partial charge in [0.25, 0.3) is 0 Å². The summed E-state index contributed by atoms with van der Waals surface area (Å²) in [5.74, 6) is 0.577. The average molecular weight is 261 g/mol. The highest BCUT2D eigenvalue weighted by Crippen LogP contribution is 2.25. The van der Waals surface area contributed by atoms with Crippen molar-refractivity contribution in [1.29, 1.82) is 0 Å². The smallest absolute Gasteiger partial charge is 0.135 e. The maximum absolute atomic E-state index is 13.1. The molecule has 1 heterocycles. The minimum atomic E-state index is -0.234. The fourth-order valence-corrected chi connectivity index (χ4v) is 1.97. The van der Waals surface area contributed by atoms with Crippen molar-refractivity contribution >= 4 is 16.5 Å². The van der Waals surface area contributed by atoms with Crippen LogP contribution < -0.4 is 5.32 Å². The highest BCUT2D eigenvalue weighted by atomic mass is 19.1. The fraction of sp³-hybridized carbons (Fsp3) is 0.375. The molecule has 0 unspecified atom stereocenters. The quantitative estimate of drug-likeness (QED) is 0.809. The van der Waals surface area contributed by atoms with Crippen LogP contribution in [0.1, 0.15) is 33.0 Å². The predicted octanol–water partition coefficient (Wildman–Crippen LogP) is 4.36. The highest BCUT2D eigenvalue weighted by molar-refractivity contribution is 5.81. The summed E-state index contributed by atoms with van der Waals surface area (Å²) in [6, 6.07) is 6.97. The lowest BCUT2D eigenvalue weighted by molar-refractivity contribution is 0.589. The van der Waals surface area contributed by atoms with Gasteiger partial charge < -0.3 is 9.73 Å². The fourth-order valence-electron chi connectivity index (χ4n) is 1.97. The van der Waals surface area contributed by atoms with Gasteiger partial charge in [0, 0.05) is 11.4 Å². The van der Waals surface area contributed by atoms with Crippen molar-refractivity contribution in [2.75, 3.05) is 6.54 Å². The van der Waals surface area contributed by atoms with Crippen LogP contribution in [0, 0.1) is 5.82 Å². The molecule has 0 bridgehead atoms. The molecule has 19 heavy (non-hydrogen) atoms. The van der Waals surface area contributed by atoms with Gasteiger partial charge in [-0.15, -0.1) is 0 Å². The van der Waals surface area contributed by atoms with Crippen molar-refractivity contribution < 1.29 is 8.81 Å². The van der Waals surface area contributed by atoms with Gasteiger partial charge in [-0.2, -0.15) is 0 Å². The van der Waals surface area contributed by atoms with E-state index in [1.54, 1.807) is 6.07 Å². The summed E-state index contributed by atoms with van der Waals surface area (Å²) in [4.78, 5) is 0. The molecule has 0 atom stereocenters. The first kappa shape index (κ1) is 13.8. The highest BCUT2D eigenvalue weighted by Gasteiger charge is 2.06. The van der Waals surface area contributed by atoms with Gasteiger partial charge in [0.2, 0.25) is 0 Å². The number of hydrogen-bond donors (Lipinski definition) is 1. The Hall–Kier alpha value is -1.61. The van der Waals surface area contributed by atoms with Crippen molar-refractivity contribution in [3.8, 4) is 0 Å². The number of hydrogen-bond acceptors (Lipinski definition) is 2. The van der Waals surface area contributed by atoms with Gasteiger partial charge in [-0.25, -0.2) is 4.39 Å². The number of furan rings is 1. The molecule has 0 aliphatic heterocycles. The van der Waals surface area contributed by atoms with Crippen molar-refractivity contribution in [1.82, 2.24) is 5.32 Å². The van der Waals surface area contributed by atoms with Crippen molar-refractivity contribution in [3.05, 3.63) is 41.9 Å². The molecule has 0 amide bonds. The first-order valence-electron chi connectivity index (χ1n) is 6.66. The molecule has 0 aliphatic carbocycles. The molecule has 3 heteroatoms. The van der Waals surface area contributed by atoms with Crippen LogP contribution in [0.25, 0.3) is 16.5 Å². The second-order valence-corrected chi connectivity index (χ2v) is 5.08. The van der Waals surface area contributed by atoms with E-state index in [9.17, 15) is 4.39 Å². The molecule has 2 rings (SSSR count). The first-order chi connectivity index (χ1) is 9.06. The largest absolute Gasteiger partial charge is 0.456 e. The lowest BCUT2D eigenvalue weighted by atomic mass is 10.1. The van der Waals surface area contributed by atoms with E-state index in [-0.39, 0.29) is 5.82 Å². The average Bonchev–Trinajstić information content (AvgIpc) is 2.77. The zero-order chi connectivity index (χ0) is 13.8. The van der Waals surface area contributed by atoms with E-state index in [2.05, 4.69) is 25.2 Å². The Kier molecular flexibility index (Phi) is 4.38. The summed E-state index contributed by atoms with van der Waals surface area (Å²) in [5.41, 5.74) is 1.81. The van der Waals surface area contributed by atoms with Crippen LogP contribution in [-0.2, 0) is 0 Å². The third kappa shape index (κ3) is 3.67. The topological polar surface area (TPSA) is 25.2 Å². The number of fused-ring (bicyclic) bond motifs is 1. The van der Waals surface area contributed by atoms with Crippen LogP contribution in [0.5, 0.6) is 0 Å². The Morgan fingerprint density at radius 2 is 2.16 bits per heavy atom. The molecular formula is C16H20FNO. The van der Waals surface area contributed by atoms with Gasteiger partial charge in [0.05, 0.1) is 0 Å². The summed E-state index contributed by atoms with van der Waals surface area (Å²) in [6.07, 6.45) is 3.10. The maximum atomic E-state index is 13.1. The van der Waals surface area contributed by atoms with Gasteiger partial charge in [-0.1, -0.05) is 19.9 Å². The molecule has 0 saturated heterocycles. The Morgan fingerprint density at radius 3 is 2.89 bits per heavy atom. The minimum Gasteiger partial charge on any atom is -0.456 e. The molecular weight excluding hydrogens is 241 g/mol. The van der Waals surface area contributed by atoms with Crippen LogP contribution in [-0.4, -0.2) is 12.6 Å². The van der Waals surface area contributed by atoms with Crippen LogP contribution in [0.4, 0.5) is 4.39 Å². The van der Waals surface area contributed by atoms with E-state index in [1.165, 1.54) is 12.1 Å². The standard InChI is InChI=1S/C16H20FNO/c1-11(2)18-8-4-5-12(3)16-10-13-9-14(17)6-7-15(13)19-16/h5-7,9-11,18H,4,8H2,1-3H3/b12-5-. The van der Waals surface area contributed by atoms with E-state index in [1.807, 2.05) is 13.0 Å². The van der Waals surface area contributed by atoms with Gasteiger partial charge in [0.15, 0.2) is 0 Å². The third-order valence-corrected chi connectivity index (χ3v) is 3.01. The Bertz CT molecular complexity index is 583. The lowest BCUT2D eigenvalue weighted by Crippen LogP contribution is -2.23. The second kappa shape index (κ2) is 6.02. The summed E-state index contributed by atoms with van der Waals surface area (Å²) in [7, 11) is 0. The molecule has 0 spiro atoms. The zero-order valence-corrected chi connectivity index (χ0v) is 11.7. The molecule has 0 fully saturated rings. The number of rotatable bonds is 5. The first-order valence-corrected chi connectivity index (χ1v) is 6.66. The number of allylic oxidation sites excluding steroid dienone is 1. The molecule has 0 radical (unpaired) electrons. The predicted molar refractivity (Wildman–Crippen MR) is 77.6 cm³/mol. The maximum Gasteiger partial charge on any atom is 0.135 e. The normalized spacial score (nSPS) is 12.6. The van der Waals surface area contributed by atoms with Crippen molar-refractivity contribution in [2.24, 2.45) is 0 Å². The SMILES string of the molecule is C/C(=C/CCNC(C)C)c1cc2cc(F)ccc2o1. The summed E-state index contributed by atoms with van der Waals surface area (Å²) >= 11 is 0. The summed E-state index contributed by atoms with van der Waals surface area (Å²) in [6.45, 7) is 7.22. The summed E-state index contributed by atoms with van der Waals surface area (Å²) in [5, 5.41) is 4.17. The number of benzene rings is 1. The Labute approximate surface area is 113 Å². The molecule has 1 aromatic heterocycles. The van der Waals surface area contributed by atoms with E-state index in [4.69, 9.17) is 4.42 Å². The van der Waals surface area contributed by atoms with Crippen molar-refractivity contribution in [3.63, 3.8) is 0 Å². The minimum absolute atomic E-state index is 0.234. The van der Waals surface area contributed by atoms with E-state index >= 15 is 0 Å².